The van der Waals surface area contributed by atoms with E-state index in [2.05, 4.69) is 0 Å². The second kappa shape index (κ2) is 7.59. The van der Waals surface area contributed by atoms with Crippen LogP contribution < -0.4 is 24.6 Å². The Morgan fingerprint density at radius 1 is 0.647 bits per heavy atom. The fraction of sp³-hybridized carbons (Fsp3) is 0.103. The Morgan fingerprint density at radius 3 is 1.59 bits per heavy atom. The van der Waals surface area contributed by atoms with E-state index in [1.165, 1.54) is 0 Å². The molecule has 0 saturated carbocycles. The summed E-state index contributed by atoms with van der Waals surface area (Å²) < 4.78 is 16.9. The van der Waals surface area contributed by atoms with Crippen molar-refractivity contribution in [2.75, 3.05) is 6.61 Å². The first kappa shape index (κ1) is 20.2. The fourth-order valence-corrected chi connectivity index (χ4v) is 4.62. The first-order valence-electron chi connectivity index (χ1n) is 11.1. The van der Waals surface area contributed by atoms with Crippen LogP contribution in [0.1, 0.15) is 23.6 Å². The van der Waals surface area contributed by atoms with Gasteiger partial charge in [0, 0.05) is 21.2 Å². The molecule has 0 bridgehead atoms. The van der Waals surface area contributed by atoms with Crippen molar-refractivity contribution in [3.63, 3.8) is 0 Å². The Bertz CT molecular complexity index is 1630. The molecule has 4 aromatic carbocycles. The molecule has 0 aliphatic carbocycles. The average Bonchev–Trinajstić information content (AvgIpc) is 3.36. The van der Waals surface area contributed by atoms with Gasteiger partial charge in [0.15, 0.2) is 0 Å². The summed E-state index contributed by atoms with van der Waals surface area (Å²) >= 11 is 0. The third kappa shape index (κ3) is 3.01. The van der Waals surface area contributed by atoms with Gasteiger partial charge in [-0.1, -0.05) is 42.0 Å². The van der Waals surface area contributed by atoms with Gasteiger partial charge in [-0.25, -0.2) is 9.59 Å². The number of rotatable bonds is 4. The zero-order valence-electron chi connectivity index (χ0n) is 18.7. The maximum atomic E-state index is 12.9. The monoisotopic (exact) mass is 448 g/mol. The molecule has 5 nitrogen and oxygen atoms in total. The fourth-order valence-electron chi connectivity index (χ4n) is 4.62. The molecule has 4 aromatic rings. The highest BCUT2D eigenvalue weighted by Gasteiger charge is 2.30. The molecule has 5 heteroatoms. The minimum Gasteiger partial charge on any atom is -0.494 e. The molecular weight excluding hydrogens is 428 g/mol. The lowest BCUT2D eigenvalue weighted by molar-refractivity contribution is -0.128. The van der Waals surface area contributed by atoms with Gasteiger partial charge < -0.3 is 14.2 Å². The lowest BCUT2D eigenvalue weighted by Crippen LogP contribution is -2.07. The van der Waals surface area contributed by atoms with E-state index in [0.717, 1.165) is 38.4 Å². The molecule has 0 unspecified atom stereocenters. The van der Waals surface area contributed by atoms with Crippen molar-refractivity contribution in [2.45, 2.75) is 13.8 Å². The molecule has 0 saturated heterocycles. The molecule has 34 heavy (non-hydrogen) atoms. The van der Waals surface area contributed by atoms with Crippen molar-refractivity contribution < 1.29 is 23.8 Å². The number of fused-ring (bicyclic) bond motifs is 5. The topological polar surface area (TPSA) is 61.8 Å². The number of esters is 2. The van der Waals surface area contributed by atoms with E-state index in [4.69, 9.17) is 14.2 Å². The van der Waals surface area contributed by atoms with Crippen molar-refractivity contribution in [1.29, 1.82) is 0 Å². The van der Waals surface area contributed by atoms with Crippen LogP contribution in [0.15, 0.2) is 72.8 Å². The summed E-state index contributed by atoms with van der Waals surface area (Å²) in [7, 11) is 0. The highest BCUT2D eigenvalue weighted by molar-refractivity contribution is 6.23. The number of ether oxygens (including phenoxy) is 3. The first-order valence-corrected chi connectivity index (χ1v) is 11.1. The predicted octanol–water partition coefficient (Wildman–Crippen LogP) is 3.78. The number of hydrogen-bond donors (Lipinski definition) is 0. The maximum Gasteiger partial charge on any atom is 0.344 e. The molecule has 0 radical (unpaired) electrons. The molecule has 166 valence electrons. The minimum atomic E-state index is -0.406. The van der Waals surface area contributed by atoms with Crippen LogP contribution in [0.4, 0.5) is 0 Å². The minimum absolute atomic E-state index is 0.384. The van der Waals surface area contributed by atoms with Gasteiger partial charge in [0.2, 0.25) is 0 Å². The Labute approximate surface area is 195 Å². The number of benzene rings is 4. The normalized spacial score (nSPS) is 14.2. The maximum absolute atomic E-state index is 12.9. The summed E-state index contributed by atoms with van der Waals surface area (Å²) in [4.78, 5) is 25.7. The van der Waals surface area contributed by atoms with Gasteiger partial charge in [0.1, 0.15) is 17.2 Å². The highest BCUT2D eigenvalue weighted by Crippen LogP contribution is 2.35. The van der Waals surface area contributed by atoms with Gasteiger partial charge in [-0.05, 0) is 61.4 Å². The van der Waals surface area contributed by atoms with Crippen LogP contribution in [-0.4, -0.2) is 18.5 Å². The summed E-state index contributed by atoms with van der Waals surface area (Å²) in [6.07, 6.45) is 0. The van der Waals surface area contributed by atoms with Crippen molar-refractivity contribution >= 4 is 33.9 Å². The molecule has 6 rings (SSSR count). The van der Waals surface area contributed by atoms with Gasteiger partial charge in [-0.2, -0.15) is 0 Å². The van der Waals surface area contributed by atoms with Crippen molar-refractivity contribution in [3.05, 3.63) is 99.9 Å². The van der Waals surface area contributed by atoms with Crippen LogP contribution in [0.2, 0.25) is 0 Å². The second-order valence-electron chi connectivity index (χ2n) is 8.33. The van der Waals surface area contributed by atoms with E-state index in [1.807, 2.05) is 86.6 Å². The molecule has 2 aliphatic heterocycles. The summed E-state index contributed by atoms with van der Waals surface area (Å²) in [5.41, 5.74) is 3.73. The number of carbonyl (C=O) groups is 2. The Morgan fingerprint density at radius 2 is 1.12 bits per heavy atom. The molecule has 0 fully saturated rings. The third-order valence-electron chi connectivity index (χ3n) is 6.23. The zero-order chi connectivity index (χ0) is 23.4. The van der Waals surface area contributed by atoms with Crippen LogP contribution in [0, 0.1) is 6.92 Å². The number of carbonyl (C=O) groups excluding carboxylic acids is 2. The van der Waals surface area contributed by atoms with E-state index < -0.39 is 5.97 Å². The van der Waals surface area contributed by atoms with E-state index in [9.17, 15) is 9.59 Å². The Hall–Kier alpha value is -4.38. The lowest BCUT2D eigenvalue weighted by Gasteiger charge is -2.05. The Kier molecular flexibility index (Phi) is 4.52. The van der Waals surface area contributed by atoms with E-state index in [1.54, 1.807) is 0 Å². The summed E-state index contributed by atoms with van der Waals surface area (Å²) in [6, 6.07) is 22.7. The third-order valence-corrected chi connectivity index (χ3v) is 6.23. The number of hydrogen-bond acceptors (Lipinski definition) is 5. The van der Waals surface area contributed by atoms with Crippen LogP contribution in [0.5, 0.6) is 17.2 Å². The van der Waals surface area contributed by atoms with E-state index >= 15 is 0 Å². The van der Waals surface area contributed by atoms with Crippen molar-refractivity contribution in [2.24, 2.45) is 0 Å². The molecule has 2 heterocycles. The summed E-state index contributed by atoms with van der Waals surface area (Å²) in [6.45, 7) is 4.50. The van der Waals surface area contributed by atoms with Crippen LogP contribution >= 0.6 is 0 Å². The van der Waals surface area contributed by atoms with Crippen molar-refractivity contribution in [1.82, 2.24) is 0 Å². The standard InChI is InChI=1S/C29H20O5/c1-3-32-19-10-8-18(9-11-19)25-23-15-13-20-21(27(23)34-29(25)31)12-14-22-24(28(30)33-26(20)22)17-6-4-16(2)5-7-17/h4-15H,3H2,1-2H3. The predicted molar refractivity (Wildman–Crippen MR) is 128 cm³/mol. The molecule has 0 aromatic heterocycles. The summed E-state index contributed by atoms with van der Waals surface area (Å²) in [5.74, 6) is 0.928. The van der Waals surface area contributed by atoms with E-state index in [-0.39, 0.29) is 5.97 Å². The van der Waals surface area contributed by atoms with Gasteiger partial charge in [0.25, 0.3) is 0 Å². The van der Waals surface area contributed by atoms with Gasteiger partial charge in [-0.15, -0.1) is 0 Å². The molecule has 0 N–H and O–H groups in total. The van der Waals surface area contributed by atoms with Crippen LogP contribution in [0.3, 0.4) is 0 Å². The first-order chi connectivity index (χ1) is 16.5. The van der Waals surface area contributed by atoms with E-state index in [0.29, 0.717) is 34.5 Å². The van der Waals surface area contributed by atoms with Gasteiger partial charge >= 0.3 is 11.9 Å². The molecule has 0 spiro atoms. The SMILES string of the molecule is CCOc1ccc(C2=c3ccc4c5c(ccc4c3OC2=O)=C(c2ccc(C)cc2)C(=O)O5)cc1. The lowest BCUT2D eigenvalue weighted by atomic mass is 9.99. The largest absolute Gasteiger partial charge is 0.494 e. The Balaban J connectivity index is 1.55. The average molecular weight is 448 g/mol. The van der Waals surface area contributed by atoms with Gasteiger partial charge in [-0.3, -0.25) is 0 Å². The quantitative estimate of drug-likeness (QED) is 0.351. The molecule has 0 amide bonds. The number of aryl methyl sites for hydroxylation is 1. The molecule has 0 atom stereocenters. The summed E-state index contributed by atoms with van der Waals surface area (Å²) in [5, 5.41) is 2.91. The second-order valence-corrected chi connectivity index (χ2v) is 8.33. The zero-order valence-corrected chi connectivity index (χ0v) is 18.7. The molecule has 2 aliphatic rings. The van der Waals surface area contributed by atoms with Crippen LogP contribution in [0.25, 0.3) is 21.9 Å². The smallest absolute Gasteiger partial charge is 0.344 e. The van der Waals surface area contributed by atoms with Crippen molar-refractivity contribution in [3.8, 4) is 17.2 Å². The highest BCUT2D eigenvalue weighted by atomic mass is 16.5. The van der Waals surface area contributed by atoms with Gasteiger partial charge in [0.05, 0.1) is 17.8 Å². The molecular formula is C29H20O5. The van der Waals surface area contributed by atoms with Crippen LogP contribution in [-0.2, 0) is 9.59 Å².